The summed E-state index contributed by atoms with van der Waals surface area (Å²) in [6, 6.07) is 3.42. The van der Waals surface area contributed by atoms with Crippen LogP contribution in [0, 0.1) is 0 Å². The summed E-state index contributed by atoms with van der Waals surface area (Å²) in [5.41, 5.74) is 8.80. The lowest BCUT2D eigenvalue weighted by molar-refractivity contribution is 0.0997. The highest BCUT2D eigenvalue weighted by atomic mass is 16.3. The quantitative estimate of drug-likeness (QED) is 0.633. The van der Waals surface area contributed by atoms with E-state index >= 15 is 0 Å². The van der Waals surface area contributed by atoms with Crippen LogP contribution < -0.4 is 11.1 Å². The summed E-state index contributed by atoms with van der Waals surface area (Å²) in [5.74, 6) is 0.344. The standard InChI is InChI=1S/C19H21N5O2/c1-2-7-21-18-19-23-10-14(24(19)9-8-22-18)12-5-6-13(17(20)26)16(25)15(12)11-3-4-11/h5-6,8-11,25H,2-4,7H2,1H3,(H2,20,26)(H,21,22). The smallest absolute Gasteiger partial charge is 0.252 e. The number of imidazole rings is 1. The number of carbonyl (C=O) groups excluding carboxylic acids is 1. The molecule has 3 aromatic rings. The van der Waals surface area contributed by atoms with Crippen molar-refractivity contribution in [2.24, 2.45) is 5.73 Å². The van der Waals surface area contributed by atoms with E-state index in [1.165, 1.54) is 0 Å². The van der Waals surface area contributed by atoms with E-state index in [0.717, 1.165) is 54.1 Å². The van der Waals surface area contributed by atoms with Crippen LogP contribution in [0.25, 0.3) is 16.9 Å². The van der Waals surface area contributed by atoms with E-state index in [4.69, 9.17) is 5.73 Å². The molecular formula is C19H21N5O2. The van der Waals surface area contributed by atoms with Crippen molar-refractivity contribution < 1.29 is 9.90 Å². The number of amides is 1. The summed E-state index contributed by atoms with van der Waals surface area (Å²) in [7, 11) is 0. The van der Waals surface area contributed by atoms with Gasteiger partial charge >= 0.3 is 0 Å². The molecule has 0 unspecified atom stereocenters. The Labute approximate surface area is 150 Å². The normalized spacial score (nSPS) is 13.9. The van der Waals surface area contributed by atoms with Crippen molar-refractivity contribution in [3.63, 3.8) is 0 Å². The molecule has 4 N–H and O–H groups in total. The number of nitrogens with one attached hydrogen (secondary N) is 1. The number of rotatable bonds is 6. The molecule has 7 nitrogen and oxygen atoms in total. The lowest BCUT2D eigenvalue weighted by atomic mass is 9.96. The third-order valence-corrected chi connectivity index (χ3v) is 4.71. The number of nitrogens with two attached hydrogens (primary N) is 1. The van der Waals surface area contributed by atoms with Crippen LogP contribution in [0.1, 0.15) is 48.0 Å². The Bertz CT molecular complexity index is 991. The fourth-order valence-corrected chi connectivity index (χ4v) is 3.30. The second-order valence-electron chi connectivity index (χ2n) is 6.60. The van der Waals surface area contributed by atoms with Crippen LogP contribution >= 0.6 is 0 Å². The van der Waals surface area contributed by atoms with Gasteiger partial charge < -0.3 is 16.2 Å². The van der Waals surface area contributed by atoms with Crippen molar-refractivity contribution in [1.82, 2.24) is 14.4 Å². The molecule has 7 heteroatoms. The molecule has 0 atom stereocenters. The monoisotopic (exact) mass is 351 g/mol. The minimum absolute atomic E-state index is 0.00848. The number of primary amides is 1. The number of hydrogen-bond acceptors (Lipinski definition) is 5. The Hall–Kier alpha value is -3.09. The molecule has 134 valence electrons. The first kappa shape index (κ1) is 16.4. The zero-order chi connectivity index (χ0) is 18.3. The Kier molecular flexibility index (Phi) is 3.99. The van der Waals surface area contributed by atoms with Crippen LogP contribution in [0.2, 0.25) is 0 Å². The van der Waals surface area contributed by atoms with Gasteiger partial charge in [0.1, 0.15) is 5.75 Å². The molecule has 0 aliphatic heterocycles. The van der Waals surface area contributed by atoms with Crippen molar-refractivity contribution in [2.75, 3.05) is 11.9 Å². The number of phenols is 1. The molecule has 0 radical (unpaired) electrons. The van der Waals surface area contributed by atoms with E-state index in [1.807, 2.05) is 16.7 Å². The fraction of sp³-hybridized carbons (Fsp3) is 0.316. The molecule has 26 heavy (non-hydrogen) atoms. The van der Waals surface area contributed by atoms with Gasteiger partial charge in [-0.3, -0.25) is 9.20 Å². The van der Waals surface area contributed by atoms with Gasteiger partial charge in [-0.25, -0.2) is 9.97 Å². The summed E-state index contributed by atoms with van der Waals surface area (Å²) in [6.45, 7) is 2.91. The highest BCUT2D eigenvalue weighted by Crippen LogP contribution is 2.49. The molecule has 1 aliphatic carbocycles. The molecular weight excluding hydrogens is 330 g/mol. The molecule has 0 bridgehead atoms. The number of aromatic hydroxyl groups is 1. The zero-order valence-electron chi connectivity index (χ0n) is 14.6. The van der Waals surface area contributed by atoms with Gasteiger partial charge in [-0.15, -0.1) is 0 Å². The Morgan fingerprint density at radius 2 is 2.19 bits per heavy atom. The summed E-state index contributed by atoms with van der Waals surface area (Å²) in [6.07, 6.45) is 8.33. The molecule has 1 aliphatic rings. The maximum absolute atomic E-state index is 11.6. The van der Waals surface area contributed by atoms with Gasteiger partial charge in [0.15, 0.2) is 11.5 Å². The minimum Gasteiger partial charge on any atom is -0.507 e. The van der Waals surface area contributed by atoms with Gasteiger partial charge in [-0.2, -0.15) is 0 Å². The molecule has 1 amide bonds. The van der Waals surface area contributed by atoms with Crippen LogP contribution in [-0.4, -0.2) is 31.9 Å². The number of fused-ring (bicyclic) bond motifs is 1. The van der Waals surface area contributed by atoms with Gasteiger partial charge in [0.2, 0.25) is 0 Å². The average Bonchev–Trinajstić information content (AvgIpc) is 3.37. The van der Waals surface area contributed by atoms with E-state index in [2.05, 4.69) is 22.2 Å². The molecule has 1 saturated carbocycles. The van der Waals surface area contributed by atoms with E-state index in [0.29, 0.717) is 0 Å². The van der Waals surface area contributed by atoms with E-state index < -0.39 is 5.91 Å². The van der Waals surface area contributed by atoms with Gasteiger partial charge in [-0.05, 0) is 31.2 Å². The van der Waals surface area contributed by atoms with Crippen LogP contribution in [0.15, 0.2) is 30.7 Å². The summed E-state index contributed by atoms with van der Waals surface area (Å²) in [5, 5.41) is 13.9. The second kappa shape index (κ2) is 6.33. The number of anilines is 1. The number of benzene rings is 1. The van der Waals surface area contributed by atoms with Gasteiger partial charge in [-0.1, -0.05) is 13.0 Å². The molecule has 2 heterocycles. The highest BCUT2D eigenvalue weighted by molar-refractivity contribution is 5.97. The molecule has 1 aromatic carbocycles. The van der Waals surface area contributed by atoms with Crippen molar-refractivity contribution >= 4 is 17.4 Å². The maximum Gasteiger partial charge on any atom is 0.252 e. The molecule has 2 aromatic heterocycles. The highest BCUT2D eigenvalue weighted by Gasteiger charge is 2.32. The Balaban J connectivity index is 1.88. The van der Waals surface area contributed by atoms with Gasteiger partial charge in [0, 0.05) is 30.1 Å². The third kappa shape index (κ3) is 2.65. The first-order chi connectivity index (χ1) is 12.6. The molecule has 0 saturated heterocycles. The van der Waals surface area contributed by atoms with Crippen LogP contribution in [-0.2, 0) is 0 Å². The van der Waals surface area contributed by atoms with Crippen molar-refractivity contribution in [2.45, 2.75) is 32.1 Å². The van der Waals surface area contributed by atoms with Gasteiger partial charge in [0.05, 0.1) is 17.5 Å². The van der Waals surface area contributed by atoms with Crippen molar-refractivity contribution in [3.05, 3.63) is 41.9 Å². The lowest BCUT2D eigenvalue weighted by Crippen LogP contribution is -2.12. The number of nitrogens with zero attached hydrogens (tertiary/aromatic N) is 3. The van der Waals surface area contributed by atoms with Crippen LogP contribution in [0.3, 0.4) is 0 Å². The lowest BCUT2D eigenvalue weighted by Gasteiger charge is -2.13. The largest absolute Gasteiger partial charge is 0.507 e. The zero-order valence-corrected chi connectivity index (χ0v) is 14.6. The minimum atomic E-state index is -0.621. The molecule has 0 spiro atoms. The van der Waals surface area contributed by atoms with Crippen LogP contribution in [0.4, 0.5) is 5.82 Å². The first-order valence-corrected chi connectivity index (χ1v) is 8.83. The van der Waals surface area contributed by atoms with Crippen molar-refractivity contribution in [1.29, 1.82) is 0 Å². The molecule has 1 fully saturated rings. The Morgan fingerprint density at radius 3 is 2.88 bits per heavy atom. The van der Waals surface area contributed by atoms with Crippen LogP contribution in [0.5, 0.6) is 5.75 Å². The average molecular weight is 351 g/mol. The predicted octanol–water partition coefficient (Wildman–Crippen LogP) is 2.90. The van der Waals surface area contributed by atoms with Gasteiger partial charge in [0.25, 0.3) is 5.91 Å². The summed E-state index contributed by atoms with van der Waals surface area (Å²) < 4.78 is 1.95. The SMILES string of the molecule is CCCNc1nccn2c(-c3ccc(C(N)=O)c(O)c3C3CC3)cnc12. The fourth-order valence-electron chi connectivity index (χ4n) is 3.30. The van der Waals surface area contributed by atoms with E-state index in [1.54, 1.807) is 18.5 Å². The summed E-state index contributed by atoms with van der Waals surface area (Å²) in [4.78, 5) is 20.5. The first-order valence-electron chi connectivity index (χ1n) is 8.83. The second-order valence-corrected chi connectivity index (χ2v) is 6.60. The summed E-state index contributed by atoms with van der Waals surface area (Å²) >= 11 is 0. The Morgan fingerprint density at radius 1 is 1.38 bits per heavy atom. The van der Waals surface area contributed by atoms with E-state index in [9.17, 15) is 9.90 Å². The van der Waals surface area contributed by atoms with E-state index in [-0.39, 0.29) is 17.2 Å². The number of carbonyl (C=O) groups is 1. The molecule has 4 rings (SSSR count). The van der Waals surface area contributed by atoms with Crippen molar-refractivity contribution in [3.8, 4) is 17.0 Å². The third-order valence-electron chi connectivity index (χ3n) is 4.71. The topological polar surface area (TPSA) is 106 Å². The predicted molar refractivity (Wildman–Crippen MR) is 99.4 cm³/mol. The number of hydrogen-bond donors (Lipinski definition) is 3. The maximum atomic E-state index is 11.6. The number of aromatic nitrogens is 3.